The molecule has 1 aromatic heterocycles. The first-order chi connectivity index (χ1) is 14.0. The van der Waals surface area contributed by atoms with Gasteiger partial charge in [0.2, 0.25) is 0 Å². The molecule has 0 atom stereocenters. The molecule has 0 fully saturated rings. The molecule has 0 bridgehead atoms. The number of anilines is 1. The van der Waals surface area contributed by atoms with Gasteiger partial charge in [-0.3, -0.25) is 10.1 Å². The summed E-state index contributed by atoms with van der Waals surface area (Å²) in [4.78, 5) is 23.9. The van der Waals surface area contributed by atoms with Gasteiger partial charge in [-0.05, 0) is 41.8 Å². The van der Waals surface area contributed by atoms with Crippen molar-refractivity contribution >= 4 is 28.7 Å². The fourth-order valence-corrected chi connectivity index (χ4v) is 3.19. The molecule has 7 heteroatoms. The van der Waals surface area contributed by atoms with Crippen molar-refractivity contribution < 1.29 is 23.8 Å². The van der Waals surface area contributed by atoms with Gasteiger partial charge in [0.15, 0.2) is 0 Å². The number of fused-ring (bicyclic) bond motifs is 1. The number of hydrogen-bond acceptors (Lipinski definition) is 5. The van der Waals surface area contributed by atoms with E-state index in [9.17, 15) is 9.59 Å². The Morgan fingerprint density at radius 2 is 1.83 bits per heavy atom. The molecule has 1 heterocycles. The highest BCUT2D eigenvalue weighted by Gasteiger charge is 2.14. The number of aryl methyl sites for hydroxylation is 2. The van der Waals surface area contributed by atoms with E-state index in [2.05, 4.69) is 5.32 Å². The molecule has 29 heavy (non-hydrogen) atoms. The van der Waals surface area contributed by atoms with Crippen LogP contribution in [0.2, 0.25) is 0 Å². The van der Waals surface area contributed by atoms with Gasteiger partial charge in [0.05, 0.1) is 25.4 Å². The Morgan fingerprint density at radius 1 is 1.07 bits per heavy atom. The van der Waals surface area contributed by atoms with Crippen LogP contribution in [0.4, 0.5) is 10.5 Å². The minimum atomic E-state index is -0.545. The maximum absolute atomic E-state index is 12.3. The van der Waals surface area contributed by atoms with Crippen molar-refractivity contribution in [1.82, 2.24) is 4.57 Å². The van der Waals surface area contributed by atoms with E-state index >= 15 is 0 Å². The third-order valence-electron chi connectivity index (χ3n) is 4.68. The van der Waals surface area contributed by atoms with Crippen molar-refractivity contribution in [1.29, 1.82) is 0 Å². The summed E-state index contributed by atoms with van der Waals surface area (Å²) in [6.45, 7) is 0.149. The van der Waals surface area contributed by atoms with E-state index < -0.39 is 6.09 Å². The number of carbonyl (C=O) groups excluding carboxylic acids is 2. The van der Waals surface area contributed by atoms with Crippen LogP contribution in [0.5, 0.6) is 5.75 Å². The Kier molecular flexibility index (Phi) is 6.39. The van der Waals surface area contributed by atoms with E-state index in [1.807, 2.05) is 60.3 Å². The van der Waals surface area contributed by atoms with Gasteiger partial charge in [0.1, 0.15) is 12.4 Å². The summed E-state index contributed by atoms with van der Waals surface area (Å²) < 4.78 is 17.2. The molecule has 0 radical (unpaired) electrons. The van der Waals surface area contributed by atoms with E-state index in [-0.39, 0.29) is 19.0 Å². The largest absolute Gasteiger partial charge is 0.497 e. The Morgan fingerprint density at radius 3 is 2.52 bits per heavy atom. The summed E-state index contributed by atoms with van der Waals surface area (Å²) in [6, 6.07) is 13.0. The molecule has 0 saturated heterocycles. The number of nitrogens with zero attached hydrogens (tertiary/aromatic N) is 1. The first-order valence-electron chi connectivity index (χ1n) is 9.22. The SMILES string of the molecule is COC(=O)CCc1cn(C)c2cccc(NC(=O)OCc3ccc(OC)cc3)c12. The van der Waals surface area contributed by atoms with Gasteiger partial charge in [0.25, 0.3) is 0 Å². The third-order valence-corrected chi connectivity index (χ3v) is 4.68. The van der Waals surface area contributed by atoms with Gasteiger partial charge in [-0.25, -0.2) is 4.79 Å². The summed E-state index contributed by atoms with van der Waals surface area (Å²) >= 11 is 0. The van der Waals surface area contributed by atoms with E-state index in [1.54, 1.807) is 7.11 Å². The average molecular weight is 396 g/mol. The highest BCUT2D eigenvalue weighted by molar-refractivity contribution is 6.01. The normalized spacial score (nSPS) is 10.6. The van der Waals surface area contributed by atoms with E-state index in [0.717, 1.165) is 27.8 Å². The smallest absolute Gasteiger partial charge is 0.411 e. The lowest BCUT2D eigenvalue weighted by Gasteiger charge is -2.10. The third kappa shape index (κ3) is 4.87. The second kappa shape index (κ2) is 9.14. The Balaban J connectivity index is 1.72. The summed E-state index contributed by atoms with van der Waals surface area (Å²) in [6.07, 6.45) is 2.20. The van der Waals surface area contributed by atoms with Crippen LogP contribution >= 0.6 is 0 Å². The molecule has 0 spiro atoms. The molecule has 152 valence electrons. The van der Waals surface area contributed by atoms with E-state index in [0.29, 0.717) is 12.1 Å². The van der Waals surface area contributed by atoms with Crippen LogP contribution in [0.25, 0.3) is 10.9 Å². The van der Waals surface area contributed by atoms with Crippen LogP contribution < -0.4 is 10.1 Å². The topological polar surface area (TPSA) is 78.8 Å². The molecule has 1 amide bonds. The summed E-state index contributed by atoms with van der Waals surface area (Å²) in [5.74, 6) is 0.472. The van der Waals surface area contributed by atoms with Crippen molar-refractivity contribution in [2.45, 2.75) is 19.4 Å². The molecule has 2 aromatic carbocycles. The first-order valence-corrected chi connectivity index (χ1v) is 9.22. The minimum Gasteiger partial charge on any atom is -0.497 e. The number of amides is 1. The predicted molar refractivity (Wildman–Crippen MR) is 110 cm³/mol. The quantitative estimate of drug-likeness (QED) is 0.610. The second-order valence-corrected chi connectivity index (χ2v) is 6.59. The van der Waals surface area contributed by atoms with Crippen LogP contribution in [0.15, 0.2) is 48.7 Å². The van der Waals surface area contributed by atoms with Crippen LogP contribution in [-0.2, 0) is 34.3 Å². The van der Waals surface area contributed by atoms with Gasteiger partial charge >= 0.3 is 12.1 Å². The number of methoxy groups -OCH3 is 2. The molecule has 0 unspecified atom stereocenters. The number of ether oxygens (including phenoxy) is 3. The fraction of sp³-hybridized carbons (Fsp3) is 0.273. The number of carbonyl (C=O) groups is 2. The van der Waals surface area contributed by atoms with Crippen LogP contribution in [0, 0.1) is 0 Å². The molecular formula is C22H24N2O5. The lowest BCUT2D eigenvalue weighted by Crippen LogP contribution is -2.14. The van der Waals surface area contributed by atoms with Gasteiger partial charge in [-0.2, -0.15) is 0 Å². The fourth-order valence-electron chi connectivity index (χ4n) is 3.19. The first kappa shape index (κ1) is 20.3. The zero-order valence-corrected chi connectivity index (χ0v) is 16.7. The Bertz CT molecular complexity index is 1010. The van der Waals surface area contributed by atoms with Crippen LogP contribution in [0.3, 0.4) is 0 Å². The van der Waals surface area contributed by atoms with Crippen LogP contribution in [-0.4, -0.2) is 30.8 Å². The number of rotatable bonds is 7. The highest BCUT2D eigenvalue weighted by Crippen LogP contribution is 2.29. The standard InChI is InChI=1S/C22H24N2O5/c1-24-13-16(9-12-20(25)28-3)21-18(5-4-6-19(21)24)23-22(26)29-14-15-7-10-17(27-2)11-8-15/h4-8,10-11,13H,9,12,14H2,1-3H3,(H,23,26). The van der Waals surface area contributed by atoms with Crippen molar-refractivity contribution in [3.63, 3.8) is 0 Å². The average Bonchev–Trinajstić information content (AvgIpc) is 3.07. The monoisotopic (exact) mass is 396 g/mol. The molecule has 0 saturated carbocycles. The zero-order valence-electron chi connectivity index (χ0n) is 16.7. The number of benzene rings is 2. The lowest BCUT2D eigenvalue weighted by molar-refractivity contribution is -0.140. The zero-order chi connectivity index (χ0) is 20.8. The molecule has 3 rings (SSSR count). The van der Waals surface area contributed by atoms with E-state index in [4.69, 9.17) is 14.2 Å². The highest BCUT2D eigenvalue weighted by atomic mass is 16.5. The number of hydrogen-bond donors (Lipinski definition) is 1. The molecule has 0 aliphatic rings. The summed E-state index contributed by atoms with van der Waals surface area (Å²) in [5, 5.41) is 3.71. The molecule has 1 N–H and O–H groups in total. The minimum absolute atomic E-state index is 0.149. The molecule has 0 aliphatic carbocycles. The molecule has 7 nitrogen and oxygen atoms in total. The summed E-state index contributed by atoms with van der Waals surface area (Å²) in [7, 11) is 4.90. The van der Waals surface area contributed by atoms with Crippen molar-refractivity contribution in [2.24, 2.45) is 7.05 Å². The van der Waals surface area contributed by atoms with Gasteiger partial charge < -0.3 is 18.8 Å². The molecule has 0 aliphatic heterocycles. The van der Waals surface area contributed by atoms with Crippen molar-refractivity contribution in [3.8, 4) is 5.75 Å². The van der Waals surface area contributed by atoms with Gasteiger partial charge in [-0.15, -0.1) is 0 Å². The predicted octanol–water partition coefficient (Wildman–Crippen LogP) is 4.04. The van der Waals surface area contributed by atoms with Crippen molar-refractivity contribution in [3.05, 3.63) is 59.8 Å². The van der Waals surface area contributed by atoms with Gasteiger partial charge in [-0.1, -0.05) is 18.2 Å². The van der Waals surface area contributed by atoms with Gasteiger partial charge in [0, 0.05) is 25.1 Å². The Hall–Kier alpha value is -3.48. The Labute approximate surface area is 169 Å². The summed E-state index contributed by atoms with van der Waals surface area (Å²) in [5.41, 5.74) is 3.41. The molecular weight excluding hydrogens is 372 g/mol. The number of esters is 1. The maximum Gasteiger partial charge on any atom is 0.411 e. The number of aromatic nitrogens is 1. The molecule has 3 aromatic rings. The lowest BCUT2D eigenvalue weighted by atomic mass is 10.1. The number of nitrogens with one attached hydrogen (secondary N) is 1. The van der Waals surface area contributed by atoms with E-state index in [1.165, 1.54) is 7.11 Å². The maximum atomic E-state index is 12.3. The van der Waals surface area contributed by atoms with Crippen LogP contribution in [0.1, 0.15) is 17.5 Å². The second-order valence-electron chi connectivity index (χ2n) is 6.59. The van der Waals surface area contributed by atoms with Crippen molar-refractivity contribution in [2.75, 3.05) is 19.5 Å².